The van der Waals surface area contributed by atoms with Crippen molar-refractivity contribution in [3.63, 3.8) is 0 Å². The van der Waals surface area contributed by atoms with E-state index < -0.39 is 0 Å². The molecule has 0 amide bonds. The van der Waals surface area contributed by atoms with Gasteiger partial charge in [-0.1, -0.05) is 11.6 Å². The van der Waals surface area contributed by atoms with E-state index in [2.05, 4.69) is 5.32 Å². The van der Waals surface area contributed by atoms with Gasteiger partial charge in [-0.05, 0) is 23.8 Å². The zero-order chi connectivity index (χ0) is 10.9. The minimum Gasteiger partial charge on any atom is -0.375 e. The largest absolute Gasteiger partial charge is 0.375 e. The minimum absolute atomic E-state index is 0.211. The van der Waals surface area contributed by atoms with Gasteiger partial charge in [0.05, 0.1) is 5.60 Å². The van der Waals surface area contributed by atoms with Crippen LogP contribution in [0.1, 0.15) is 5.56 Å². The van der Waals surface area contributed by atoms with Gasteiger partial charge in [0, 0.05) is 31.6 Å². The first-order valence-electron chi connectivity index (χ1n) is 4.85. The molecule has 4 heteroatoms. The lowest BCUT2D eigenvalue weighted by molar-refractivity contribution is -0.0502. The van der Waals surface area contributed by atoms with E-state index in [1.165, 1.54) is 12.1 Å². The third-order valence-corrected chi connectivity index (χ3v) is 3.22. The Labute approximate surface area is 93.4 Å². The van der Waals surface area contributed by atoms with Crippen LogP contribution in [-0.4, -0.2) is 25.8 Å². The Hall–Kier alpha value is -0.640. The van der Waals surface area contributed by atoms with Crippen LogP contribution in [0.25, 0.3) is 0 Å². The first kappa shape index (κ1) is 10.9. The average Bonchev–Trinajstić information content (AvgIpc) is 2.17. The third-order valence-electron chi connectivity index (χ3n) is 2.85. The van der Waals surface area contributed by atoms with E-state index in [0.717, 1.165) is 18.7 Å². The summed E-state index contributed by atoms with van der Waals surface area (Å²) in [6.45, 7) is 1.58. The van der Waals surface area contributed by atoms with E-state index in [4.69, 9.17) is 16.3 Å². The topological polar surface area (TPSA) is 21.3 Å². The minimum atomic E-state index is -0.257. The number of benzene rings is 1. The molecule has 15 heavy (non-hydrogen) atoms. The lowest BCUT2D eigenvalue weighted by atomic mass is 9.89. The Kier molecular flexibility index (Phi) is 2.96. The Morgan fingerprint density at radius 1 is 1.53 bits per heavy atom. The van der Waals surface area contributed by atoms with Gasteiger partial charge in [0.2, 0.25) is 0 Å². The van der Waals surface area contributed by atoms with Crippen LogP contribution in [0.3, 0.4) is 0 Å². The Bertz CT molecular complexity index is 360. The van der Waals surface area contributed by atoms with E-state index in [1.54, 1.807) is 13.2 Å². The molecule has 1 aliphatic heterocycles. The summed E-state index contributed by atoms with van der Waals surface area (Å²) in [7, 11) is 1.67. The van der Waals surface area contributed by atoms with Crippen molar-refractivity contribution in [1.29, 1.82) is 0 Å². The Morgan fingerprint density at radius 3 is 2.80 bits per heavy atom. The fourth-order valence-electron chi connectivity index (χ4n) is 1.77. The number of hydrogen-bond acceptors (Lipinski definition) is 2. The maximum Gasteiger partial charge on any atom is 0.123 e. The van der Waals surface area contributed by atoms with Crippen molar-refractivity contribution in [2.75, 3.05) is 20.2 Å². The standard InChI is InChI=1S/C11H13ClFNO/c1-15-11(6-14-7-11)5-8-4-9(13)2-3-10(8)12/h2-4,14H,5-7H2,1H3. The van der Waals surface area contributed by atoms with Crippen LogP contribution in [0.5, 0.6) is 0 Å². The second kappa shape index (κ2) is 4.08. The molecule has 0 bridgehead atoms. The predicted octanol–water partition coefficient (Wildman–Crippen LogP) is 2.01. The summed E-state index contributed by atoms with van der Waals surface area (Å²) >= 11 is 6.00. The van der Waals surface area contributed by atoms with Crippen LogP contribution in [0, 0.1) is 5.82 Å². The average molecular weight is 230 g/mol. The van der Waals surface area contributed by atoms with Gasteiger partial charge in [-0.2, -0.15) is 0 Å². The predicted molar refractivity (Wildman–Crippen MR) is 57.7 cm³/mol. The molecule has 1 aliphatic rings. The summed E-state index contributed by atoms with van der Waals surface area (Å²) in [5.74, 6) is -0.257. The highest BCUT2D eigenvalue weighted by Crippen LogP contribution is 2.26. The quantitative estimate of drug-likeness (QED) is 0.856. The Balaban J connectivity index is 2.19. The molecule has 0 atom stereocenters. The van der Waals surface area contributed by atoms with Crippen LogP contribution in [0.4, 0.5) is 4.39 Å². The summed E-state index contributed by atoms with van der Waals surface area (Å²) in [5.41, 5.74) is 0.595. The van der Waals surface area contributed by atoms with E-state index in [-0.39, 0.29) is 11.4 Å². The van der Waals surface area contributed by atoms with Crippen LogP contribution < -0.4 is 5.32 Å². The van der Waals surface area contributed by atoms with E-state index in [1.807, 2.05) is 0 Å². The molecule has 0 spiro atoms. The van der Waals surface area contributed by atoms with Crippen LogP contribution >= 0.6 is 11.6 Å². The van der Waals surface area contributed by atoms with Gasteiger partial charge in [0.25, 0.3) is 0 Å². The van der Waals surface area contributed by atoms with Crippen molar-refractivity contribution in [1.82, 2.24) is 5.32 Å². The van der Waals surface area contributed by atoms with E-state index in [0.29, 0.717) is 11.4 Å². The molecule has 0 aromatic heterocycles. The van der Waals surface area contributed by atoms with Gasteiger partial charge < -0.3 is 10.1 Å². The number of hydrogen-bond donors (Lipinski definition) is 1. The molecule has 1 fully saturated rings. The summed E-state index contributed by atoms with van der Waals surface area (Å²) < 4.78 is 18.5. The lowest BCUT2D eigenvalue weighted by Crippen LogP contribution is -2.61. The second-order valence-electron chi connectivity index (χ2n) is 3.90. The molecule has 2 nitrogen and oxygen atoms in total. The van der Waals surface area contributed by atoms with Gasteiger partial charge in [-0.15, -0.1) is 0 Å². The van der Waals surface area contributed by atoms with Crippen LogP contribution in [0.15, 0.2) is 18.2 Å². The molecular weight excluding hydrogens is 217 g/mol. The van der Waals surface area contributed by atoms with E-state index in [9.17, 15) is 4.39 Å². The van der Waals surface area contributed by atoms with Gasteiger partial charge in [-0.3, -0.25) is 0 Å². The molecule has 82 valence electrons. The van der Waals surface area contributed by atoms with Crippen LogP contribution in [0.2, 0.25) is 5.02 Å². The number of methoxy groups -OCH3 is 1. The highest BCUT2D eigenvalue weighted by molar-refractivity contribution is 6.31. The molecule has 1 aromatic rings. The van der Waals surface area contributed by atoms with Crippen molar-refractivity contribution < 1.29 is 9.13 Å². The molecular formula is C11H13ClFNO. The molecule has 0 aliphatic carbocycles. The first-order chi connectivity index (χ1) is 7.15. The fourth-order valence-corrected chi connectivity index (χ4v) is 1.96. The van der Waals surface area contributed by atoms with Gasteiger partial charge in [0.1, 0.15) is 5.82 Å². The maximum absolute atomic E-state index is 13.0. The SMILES string of the molecule is COC1(Cc2cc(F)ccc2Cl)CNC1. The number of nitrogens with one attached hydrogen (secondary N) is 1. The van der Waals surface area contributed by atoms with Gasteiger partial charge in [0.15, 0.2) is 0 Å². The van der Waals surface area contributed by atoms with Crippen molar-refractivity contribution >= 4 is 11.6 Å². The zero-order valence-electron chi connectivity index (χ0n) is 8.52. The zero-order valence-corrected chi connectivity index (χ0v) is 9.27. The normalized spacial score (nSPS) is 18.6. The highest BCUT2D eigenvalue weighted by atomic mass is 35.5. The van der Waals surface area contributed by atoms with E-state index >= 15 is 0 Å². The molecule has 2 rings (SSSR count). The molecule has 1 N–H and O–H groups in total. The van der Waals surface area contributed by atoms with Gasteiger partial charge in [-0.25, -0.2) is 4.39 Å². The van der Waals surface area contributed by atoms with Crippen molar-refractivity contribution in [3.8, 4) is 0 Å². The van der Waals surface area contributed by atoms with Crippen molar-refractivity contribution in [2.24, 2.45) is 0 Å². The first-order valence-corrected chi connectivity index (χ1v) is 5.23. The molecule has 0 unspecified atom stereocenters. The summed E-state index contributed by atoms with van der Waals surface area (Å²) in [6, 6.07) is 4.42. The number of rotatable bonds is 3. The molecule has 0 saturated carbocycles. The summed E-state index contributed by atoms with van der Waals surface area (Å²) in [5, 5.41) is 3.74. The van der Waals surface area contributed by atoms with Crippen molar-refractivity contribution in [2.45, 2.75) is 12.0 Å². The smallest absolute Gasteiger partial charge is 0.123 e. The second-order valence-corrected chi connectivity index (χ2v) is 4.31. The highest BCUT2D eigenvalue weighted by Gasteiger charge is 2.37. The lowest BCUT2D eigenvalue weighted by Gasteiger charge is -2.41. The van der Waals surface area contributed by atoms with Gasteiger partial charge >= 0.3 is 0 Å². The number of halogens is 2. The third kappa shape index (κ3) is 2.14. The summed E-state index contributed by atoms with van der Waals surface area (Å²) in [4.78, 5) is 0. The Morgan fingerprint density at radius 2 is 2.27 bits per heavy atom. The fraction of sp³-hybridized carbons (Fsp3) is 0.455. The monoisotopic (exact) mass is 229 g/mol. The van der Waals surface area contributed by atoms with Crippen LogP contribution in [-0.2, 0) is 11.2 Å². The summed E-state index contributed by atoms with van der Waals surface area (Å²) in [6.07, 6.45) is 0.646. The maximum atomic E-state index is 13.0. The molecule has 1 saturated heterocycles. The number of ether oxygens (including phenoxy) is 1. The molecule has 1 aromatic carbocycles. The molecule has 0 radical (unpaired) electrons. The molecule has 1 heterocycles. The van der Waals surface area contributed by atoms with Crippen molar-refractivity contribution in [3.05, 3.63) is 34.6 Å².